The Morgan fingerprint density at radius 2 is 1.75 bits per heavy atom. The number of halogens is 3. The Kier molecular flexibility index (Phi) is 71.8. The molecular formula is C8H12Cl3Zr-2. The van der Waals surface area contributed by atoms with E-state index in [9.17, 15) is 0 Å². The minimum absolute atomic E-state index is 0. The van der Waals surface area contributed by atoms with Crippen molar-refractivity contribution in [2.75, 3.05) is 0 Å². The van der Waals surface area contributed by atoms with Crippen LogP contribution >= 0.6 is 0 Å². The molecule has 1 aliphatic carbocycles. The molecule has 12 heavy (non-hydrogen) atoms. The van der Waals surface area contributed by atoms with Gasteiger partial charge in [0, 0.05) is 0 Å². The topological polar surface area (TPSA) is 0 Å². The van der Waals surface area contributed by atoms with E-state index in [1.807, 2.05) is 19.1 Å². The summed E-state index contributed by atoms with van der Waals surface area (Å²) in [5.41, 5.74) is 0. The molecule has 1 aliphatic rings. The van der Waals surface area contributed by atoms with Crippen molar-refractivity contribution in [2.45, 2.75) is 19.8 Å². The summed E-state index contributed by atoms with van der Waals surface area (Å²) < 4.78 is 0. The van der Waals surface area contributed by atoms with Crippen LogP contribution in [0.5, 0.6) is 0 Å². The van der Waals surface area contributed by atoms with E-state index in [4.69, 9.17) is 0 Å². The fourth-order valence-corrected chi connectivity index (χ4v) is 0.340. The maximum Gasteiger partial charge on any atom is 3.00 e. The standard InChI is InChI=1S/C5H5.C3H7.3ClH.Zr/c1-2-4-5-3-1;1-3-2;;;;/h1-3H,4H2;1,3H2,2H3;3*1H;/q2*-1;;;;+3/p-3. The van der Waals surface area contributed by atoms with E-state index in [1.165, 1.54) is 0 Å². The molecule has 0 atom stereocenters. The van der Waals surface area contributed by atoms with Gasteiger partial charge in [-0.3, -0.25) is 6.08 Å². The summed E-state index contributed by atoms with van der Waals surface area (Å²) in [6.07, 6.45) is 11.0. The molecule has 0 aromatic carbocycles. The molecule has 0 spiro atoms. The fraction of sp³-hybridized carbons (Fsp3) is 0.375. The van der Waals surface area contributed by atoms with Crippen molar-refractivity contribution in [3.8, 4) is 0 Å². The minimum atomic E-state index is 0. The minimum Gasteiger partial charge on any atom is -1.00 e. The van der Waals surface area contributed by atoms with Crippen molar-refractivity contribution in [3.05, 3.63) is 31.2 Å². The van der Waals surface area contributed by atoms with Crippen molar-refractivity contribution in [3.63, 3.8) is 0 Å². The van der Waals surface area contributed by atoms with Gasteiger partial charge in [0.1, 0.15) is 0 Å². The predicted octanol–water partition coefficient (Wildman–Crippen LogP) is -6.45. The van der Waals surface area contributed by atoms with Crippen molar-refractivity contribution < 1.29 is 63.4 Å². The number of hydrogen-bond donors (Lipinski definition) is 0. The van der Waals surface area contributed by atoms with Crippen LogP contribution in [0.4, 0.5) is 0 Å². The molecule has 0 aromatic rings. The Hall–Kier alpha value is 1.23. The zero-order chi connectivity index (χ0) is 6.24. The first-order valence-corrected chi connectivity index (χ1v) is 2.92. The molecule has 0 amide bonds. The summed E-state index contributed by atoms with van der Waals surface area (Å²) in [6, 6.07) is 0. The Balaban J connectivity index is -0.0000000219. The van der Waals surface area contributed by atoms with Crippen molar-refractivity contribution in [1.82, 2.24) is 0 Å². The predicted molar refractivity (Wildman–Crippen MR) is 37.2 cm³/mol. The van der Waals surface area contributed by atoms with Gasteiger partial charge in [0.15, 0.2) is 0 Å². The van der Waals surface area contributed by atoms with Gasteiger partial charge in [-0.25, -0.2) is 12.2 Å². The maximum absolute atomic E-state index is 3.49. The molecule has 0 nitrogen and oxygen atoms in total. The Bertz CT molecular complexity index is 82.3. The largest absolute Gasteiger partial charge is 3.00 e. The third-order valence-corrected chi connectivity index (χ3v) is 0.586. The van der Waals surface area contributed by atoms with Crippen LogP contribution in [0.2, 0.25) is 0 Å². The summed E-state index contributed by atoms with van der Waals surface area (Å²) in [7, 11) is 0. The second-order valence-electron chi connectivity index (χ2n) is 1.50. The smallest absolute Gasteiger partial charge is 1.00 e. The van der Waals surface area contributed by atoms with Gasteiger partial charge >= 0.3 is 26.2 Å². The normalized spacial score (nSPS) is 8.83. The van der Waals surface area contributed by atoms with Gasteiger partial charge in [-0.1, -0.05) is 6.92 Å². The molecule has 4 heteroatoms. The van der Waals surface area contributed by atoms with Crippen LogP contribution in [0.25, 0.3) is 0 Å². The molecule has 71 valence electrons. The summed E-state index contributed by atoms with van der Waals surface area (Å²) in [6.45, 7) is 5.50. The van der Waals surface area contributed by atoms with Gasteiger partial charge in [-0.2, -0.15) is 12.5 Å². The summed E-state index contributed by atoms with van der Waals surface area (Å²) >= 11 is 0. The second-order valence-corrected chi connectivity index (χ2v) is 1.50. The molecule has 0 saturated heterocycles. The molecule has 0 bridgehead atoms. The van der Waals surface area contributed by atoms with Crippen LogP contribution in [-0.4, -0.2) is 0 Å². The summed E-state index contributed by atoms with van der Waals surface area (Å²) in [5.74, 6) is 0. The monoisotopic (exact) mass is 303 g/mol. The van der Waals surface area contributed by atoms with Gasteiger partial charge in [0.05, 0.1) is 0 Å². The Morgan fingerprint density at radius 3 is 1.83 bits per heavy atom. The van der Waals surface area contributed by atoms with Crippen LogP contribution in [0, 0.1) is 13.0 Å². The molecule has 0 fully saturated rings. The van der Waals surface area contributed by atoms with Crippen LogP contribution < -0.4 is 37.2 Å². The summed E-state index contributed by atoms with van der Waals surface area (Å²) in [4.78, 5) is 0. The van der Waals surface area contributed by atoms with Crippen LogP contribution in [0.1, 0.15) is 19.8 Å². The van der Waals surface area contributed by atoms with E-state index in [0.717, 1.165) is 12.8 Å². The number of rotatable bonds is 0. The van der Waals surface area contributed by atoms with E-state index in [1.54, 1.807) is 0 Å². The zero-order valence-electron chi connectivity index (χ0n) is 6.99. The SMILES string of the molecule is [C-]1=CC=CC1.[CH2-]CC.[Cl-].[Cl-].[Cl-].[Zr+3]. The summed E-state index contributed by atoms with van der Waals surface area (Å²) in [5, 5.41) is 0. The van der Waals surface area contributed by atoms with Crippen LogP contribution in [0.3, 0.4) is 0 Å². The number of allylic oxidation sites excluding steroid dienone is 4. The fourth-order valence-electron chi connectivity index (χ4n) is 0.340. The van der Waals surface area contributed by atoms with E-state index >= 15 is 0 Å². The third-order valence-electron chi connectivity index (χ3n) is 0.586. The first-order valence-electron chi connectivity index (χ1n) is 2.92. The number of hydrogen-bond acceptors (Lipinski definition) is 0. The third kappa shape index (κ3) is 30.3. The van der Waals surface area contributed by atoms with E-state index < -0.39 is 0 Å². The van der Waals surface area contributed by atoms with Crippen LogP contribution in [-0.2, 0) is 26.2 Å². The van der Waals surface area contributed by atoms with Crippen molar-refractivity contribution in [1.29, 1.82) is 0 Å². The molecule has 0 saturated carbocycles. The van der Waals surface area contributed by atoms with Gasteiger partial charge in [-0.15, -0.1) is 6.42 Å². The quantitative estimate of drug-likeness (QED) is 0.391. The molecule has 0 unspecified atom stereocenters. The molecular weight excluding hydrogens is 294 g/mol. The molecule has 1 rings (SSSR count). The van der Waals surface area contributed by atoms with E-state index in [2.05, 4.69) is 19.1 Å². The Morgan fingerprint density at radius 1 is 1.33 bits per heavy atom. The van der Waals surface area contributed by atoms with Crippen LogP contribution in [0.15, 0.2) is 18.2 Å². The average Bonchev–Trinajstić information content (AvgIpc) is 2.17. The molecule has 1 radical (unpaired) electrons. The zero-order valence-corrected chi connectivity index (χ0v) is 11.7. The molecule has 0 heterocycles. The van der Waals surface area contributed by atoms with Gasteiger partial charge in [-0.05, 0) is 0 Å². The second kappa shape index (κ2) is 29.5. The van der Waals surface area contributed by atoms with Crippen molar-refractivity contribution in [2.24, 2.45) is 0 Å². The van der Waals surface area contributed by atoms with Gasteiger partial charge < -0.3 is 44.1 Å². The van der Waals surface area contributed by atoms with Gasteiger partial charge in [0.25, 0.3) is 0 Å². The first kappa shape index (κ1) is 29.2. The average molecular weight is 306 g/mol. The first-order chi connectivity index (χ1) is 3.91. The van der Waals surface area contributed by atoms with Crippen molar-refractivity contribution >= 4 is 0 Å². The van der Waals surface area contributed by atoms with E-state index in [-0.39, 0.29) is 63.4 Å². The molecule has 0 N–H and O–H groups in total. The molecule has 0 aromatic heterocycles. The Labute approximate surface area is 114 Å². The molecule has 0 aliphatic heterocycles. The van der Waals surface area contributed by atoms with Gasteiger partial charge in [0.2, 0.25) is 0 Å². The van der Waals surface area contributed by atoms with E-state index in [0.29, 0.717) is 0 Å². The maximum atomic E-state index is 3.49.